The minimum Gasteiger partial charge on any atom is -0.474 e. The van der Waals surface area contributed by atoms with Crippen LogP contribution in [-0.4, -0.2) is 135 Å². The number of hydrogen-bond donors (Lipinski definition) is 3. The number of ether oxygens (including phenoxy) is 5. The first-order chi connectivity index (χ1) is 32.8. The Hall–Kier alpha value is -6.81. The largest absolute Gasteiger partial charge is 0.474 e. The van der Waals surface area contributed by atoms with E-state index in [1.165, 1.54) is 18.3 Å². The number of imide groups is 2. The SMILES string of the molecule is Cc1ncc(NC(=O)c2cccc(C(F)(F)F)c2)cc1-c1cnc(OCCOCCOCC(=O)NCCOCCCc2cccc3c2C(=O)N(C2CCC(=O)NC2=O)C3=O)c(N2CCOCC2)c1. The van der Waals surface area contributed by atoms with Crippen LogP contribution in [0.15, 0.2) is 67.0 Å². The van der Waals surface area contributed by atoms with Gasteiger partial charge >= 0.3 is 6.18 Å². The number of rotatable bonds is 21. The number of amides is 6. The zero-order chi connectivity index (χ0) is 48.2. The third-order valence-corrected chi connectivity index (χ3v) is 11.2. The predicted octanol–water partition coefficient (Wildman–Crippen LogP) is 4.14. The number of hydrogen-bond acceptors (Lipinski definition) is 14. The first kappa shape index (κ1) is 49.1. The Morgan fingerprint density at radius 3 is 2.43 bits per heavy atom. The number of halogens is 3. The van der Waals surface area contributed by atoms with Gasteiger partial charge in [0.2, 0.25) is 23.6 Å². The minimum atomic E-state index is -4.59. The number of nitrogens with one attached hydrogen (secondary N) is 3. The fourth-order valence-corrected chi connectivity index (χ4v) is 7.82. The molecule has 2 aromatic heterocycles. The lowest BCUT2D eigenvalue weighted by molar-refractivity contribution is -0.138. The molecule has 360 valence electrons. The number of nitrogens with zero attached hydrogens (tertiary/aromatic N) is 4. The van der Waals surface area contributed by atoms with Gasteiger partial charge in [0.15, 0.2) is 0 Å². The van der Waals surface area contributed by atoms with E-state index in [9.17, 15) is 41.9 Å². The van der Waals surface area contributed by atoms with Crippen molar-refractivity contribution in [3.63, 3.8) is 0 Å². The van der Waals surface area contributed by atoms with Crippen LogP contribution in [0.2, 0.25) is 0 Å². The second kappa shape index (κ2) is 22.8. The quantitative estimate of drug-likeness (QED) is 0.0791. The van der Waals surface area contributed by atoms with E-state index in [0.29, 0.717) is 79.7 Å². The molecule has 6 amide bonds. The molecule has 1 unspecified atom stereocenters. The fourth-order valence-electron chi connectivity index (χ4n) is 7.82. The van der Waals surface area contributed by atoms with E-state index in [0.717, 1.165) is 17.0 Å². The summed E-state index contributed by atoms with van der Waals surface area (Å²) in [6, 6.07) is 11.7. The number of piperidine rings is 1. The lowest BCUT2D eigenvalue weighted by atomic mass is 9.99. The monoisotopic (exact) mass is 945 g/mol. The van der Waals surface area contributed by atoms with Crippen LogP contribution in [0.1, 0.15) is 67.2 Å². The van der Waals surface area contributed by atoms with Gasteiger partial charge in [0.1, 0.15) is 24.9 Å². The fraction of sp³-hybridized carbons (Fsp3) is 0.404. The zero-order valence-electron chi connectivity index (χ0n) is 37.2. The average Bonchev–Trinajstić information content (AvgIpc) is 3.58. The Kier molecular flexibility index (Phi) is 16.5. The molecule has 3 aliphatic heterocycles. The summed E-state index contributed by atoms with van der Waals surface area (Å²) in [7, 11) is 0. The normalized spacial score (nSPS) is 16.1. The van der Waals surface area contributed by atoms with Gasteiger partial charge in [-0.15, -0.1) is 0 Å². The molecule has 2 aromatic carbocycles. The molecule has 0 aliphatic carbocycles. The molecule has 0 radical (unpaired) electrons. The lowest BCUT2D eigenvalue weighted by Gasteiger charge is -2.30. The maximum atomic E-state index is 13.3. The van der Waals surface area contributed by atoms with E-state index in [4.69, 9.17) is 23.7 Å². The summed E-state index contributed by atoms with van der Waals surface area (Å²) in [5, 5.41) is 7.55. The first-order valence-corrected chi connectivity index (χ1v) is 22.0. The Morgan fingerprint density at radius 1 is 0.868 bits per heavy atom. The second-order valence-corrected chi connectivity index (χ2v) is 15.9. The molecular formula is C47H50F3N7O11. The van der Waals surface area contributed by atoms with Gasteiger partial charge in [-0.25, -0.2) is 4.98 Å². The number of pyridine rings is 2. The van der Waals surface area contributed by atoms with Crippen LogP contribution in [0.3, 0.4) is 0 Å². The highest BCUT2D eigenvalue weighted by molar-refractivity contribution is 6.24. The van der Waals surface area contributed by atoms with Crippen molar-refractivity contribution >= 4 is 46.8 Å². The molecule has 0 spiro atoms. The molecule has 2 saturated heterocycles. The van der Waals surface area contributed by atoms with E-state index in [1.807, 2.05) is 6.07 Å². The van der Waals surface area contributed by atoms with Gasteiger partial charge in [-0.2, -0.15) is 13.2 Å². The van der Waals surface area contributed by atoms with Crippen LogP contribution < -0.4 is 25.6 Å². The molecule has 7 rings (SSSR count). The topological polar surface area (TPSA) is 217 Å². The van der Waals surface area contributed by atoms with Gasteiger partial charge in [0.05, 0.1) is 68.2 Å². The van der Waals surface area contributed by atoms with Crippen molar-refractivity contribution < 1.29 is 65.6 Å². The van der Waals surface area contributed by atoms with Gasteiger partial charge in [-0.1, -0.05) is 18.2 Å². The number of morpholine rings is 1. The van der Waals surface area contributed by atoms with E-state index >= 15 is 0 Å². The summed E-state index contributed by atoms with van der Waals surface area (Å²) in [6.07, 6.45) is -0.447. The summed E-state index contributed by atoms with van der Waals surface area (Å²) >= 11 is 0. The molecule has 3 aliphatic rings. The summed E-state index contributed by atoms with van der Waals surface area (Å²) in [4.78, 5) is 87.5. The summed E-state index contributed by atoms with van der Waals surface area (Å²) in [5.41, 5.74) is 3.02. The van der Waals surface area contributed by atoms with Gasteiger partial charge in [0, 0.05) is 61.2 Å². The highest BCUT2D eigenvalue weighted by Crippen LogP contribution is 2.35. The molecule has 3 N–H and O–H groups in total. The average molecular weight is 946 g/mol. The van der Waals surface area contributed by atoms with Gasteiger partial charge in [-0.3, -0.25) is 44.0 Å². The molecule has 4 aromatic rings. The number of carbonyl (C=O) groups is 6. The van der Waals surface area contributed by atoms with Crippen molar-refractivity contribution in [1.82, 2.24) is 25.5 Å². The van der Waals surface area contributed by atoms with Crippen molar-refractivity contribution in [2.24, 2.45) is 0 Å². The van der Waals surface area contributed by atoms with Gasteiger partial charge in [-0.05, 0) is 68.1 Å². The van der Waals surface area contributed by atoms with E-state index in [1.54, 1.807) is 37.4 Å². The molecule has 5 heterocycles. The number of aromatic nitrogens is 2. The van der Waals surface area contributed by atoms with E-state index < -0.39 is 47.3 Å². The van der Waals surface area contributed by atoms with Crippen LogP contribution >= 0.6 is 0 Å². The Labute approximate surface area is 388 Å². The second-order valence-electron chi connectivity index (χ2n) is 15.9. The smallest absolute Gasteiger partial charge is 0.416 e. The molecule has 2 fully saturated rings. The van der Waals surface area contributed by atoms with Crippen molar-refractivity contribution in [1.29, 1.82) is 0 Å². The number of fused-ring (bicyclic) bond motifs is 1. The molecule has 0 bridgehead atoms. The molecule has 21 heteroatoms. The molecular weight excluding hydrogens is 896 g/mol. The van der Waals surface area contributed by atoms with Crippen LogP contribution in [0.5, 0.6) is 5.88 Å². The number of alkyl halides is 3. The molecule has 1 atom stereocenters. The highest BCUT2D eigenvalue weighted by Gasteiger charge is 2.45. The third-order valence-electron chi connectivity index (χ3n) is 11.2. The minimum absolute atomic E-state index is 0.0421. The van der Waals surface area contributed by atoms with Crippen LogP contribution in [-0.2, 0) is 45.9 Å². The van der Waals surface area contributed by atoms with Crippen molar-refractivity contribution in [2.75, 3.05) is 89.3 Å². The number of carbonyl (C=O) groups excluding carboxylic acids is 6. The standard InChI is InChI=1S/C47H50F3N7O11/c1-29-36(25-34(27-52-29)54-42(60)31-6-2-8-33(23-31)47(48,49)50)32-24-38(56-13-17-65-18-14-56)44(53-26-32)68-22-21-66-19-20-67-28-40(59)51-12-16-64-15-4-7-30-5-3-9-35-41(30)46(63)57(45(35)62)37-10-11-39(58)55-43(37)61/h2-3,5-6,8-9,23-27,37H,4,7,10-22,28H2,1H3,(H,51,59)(H,54,60)(H,55,58,61). The molecule has 68 heavy (non-hydrogen) atoms. The van der Waals surface area contributed by atoms with E-state index in [-0.39, 0.29) is 87.3 Å². The van der Waals surface area contributed by atoms with Crippen molar-refractivity contribution in [3.8, 4) is 17.0 Å². The first-order valence-electron chi connectivity index (χ1n) is 22.0. The van der Waals surface area contributed by atoms with Crippen LogP contribution in [0.4, 0.5) is 24.5 Å². The maximum Gasteiger partial charge on any atom is 0.416 e. The van der Waals surface area contributed by atoms with Crippen LogP contribution in [0, 0.1) is 6.92 Å². The van der Waals surface area contributed by atoms with E-state index in [2.05, 4.69) is 30.8 Å². The number of benzene rings is 2. The van der Waals surface area contributed by atoms with Crippen molar-refractivity contribution in [3.05, 3.63) is 101 Å². The maximum absolute atomic E-state index is 13.3. The van der Waals surface area contributed by atoms with Crippen molar-refractivity contribution in [2.45, 2.75) is 44.8 Å². The summed E-state index contributed by atoms with van der Waals surface area (Å²) < 4.78 is 68.1. The predicted molar refractivity (Wildman–Crippen MR) is 237 cm³/mol. The lowest BCUT2D eigenvalue weighted by Crippen LogP contribution is -2.54. The van der Waals surface area contributed by atoms with Crippen LogP contribution in [0.25, 0.3) is 11.1 Å². The number of aryl methyl sites for hydroxylation is 2. The summed E-state index contributed by atoms with van der Waals surface area (Å²) in [6.45, 7) is 5.34. The Bertz CT molecular complexity index is 2520. The zero-order valence-corrected chi connectivity index (χ0v) is 37.2. The Balaban J connectivity index is 0.790. The Morgan fingerprint density at radius 2 is 1.63 bits per heavy atom. The van der Waals surface area contributed by atoms with Gasteiger partial charge < -0.3 is 39.2 Å². The number of anilines is 2. The molecule has 0 saturated carbocycles. The molecule has 18 nitrogen and oxygen atoms in total. The summed E-state index contributed by atoms with van der Waals surface area (Å²) in [5.74, 6) is -2.89. The highest BCUT2D eigenvalue weighted by atomic mass is 19.4. The van der Waals surface area contributed by atoms with Gasteiger partial charge in [0.25, 0.3) is 17.7 Å². The third kappa shape index (κ3) is 12.4.